The molecule has 1 N–H and O–H groups in total. The second-order valence-corrected chi connectivity index (χ2v) is 6.01. The van der Waals surface area contributed by atoms with Crippen molar-refractivity contribution in [3.8, 4) is 22.8 Å². The minimum Gasteiger partial charge on any atom is -0.454 e. The number of hydrogen-bond donors (Lipinski definition) is 1. The summed E-state index contributed by atoms with van der Waals surface area (Å²) < 4.78 is 25.4. The number of rotatable bonds is 3. The summed E-state index contributed by atoms with van der Waals surface area (Å²) in [5.74, 6) is 0.734. The maximum atomic E-state index is 12.3. The van der Waals surface area contributed by atoms with Crippen LogP contribution in [-0.2, 0) is 0 Å². The predicted molar refractivity (Wildman–Crippen MR) is 97.5 cm³/mol. The van der Waals surface area contributed by atoms with Gasteiger partial charge in [-0.25, -0.2) is 4.98 Å². The SMILES string of the molecule is [2H]C1([2H])Oc2cc(C)c(-c3cnc(NC(=O)c4ccc(C)cc4)cn3)cc2O1. The van der Waals surface area contributed by atoms with Crippen LogP contribution < -0.4 is 14.8 Å². The quantitative estimate of drug-likeness (QED) is 0.780. The van der Waals surface area contributed by atoms with Crippen LogP contribution in [0.4, 0.5) is 5.82 Å². The van der Waals surface area contributed by atoms with E-state index >= 15 is 0 Å². The lowest BCUT2D eigenvalue weighted by atomic mass is 10.1. The summed E-state index contributed by atoms with van der Waals surface area (Å²) in [7, 11) is 0. The van der Waals surface area contributed by atoms with Crippen LogP contribution in [0.2, 0.25) is 0 Å². The number of hydrogen-bond acceptors (Lipinski definition) is 5. The van der Waals surface area contributed by atoms with E-state index in [-0.39, 0.29) is 5.91 Å². The van der Waals surface area contributed by atoms with E-state index in [0.717, 1.165) is 16.7 Å². The Morgan fingerprint density at radius 1 is 1.08 bits per heavy atom. The molecule has 0 atom stereocenters. The Hall–Kier alpha value is -3.41. The lowest BCUT2D eigenvalue weighted by Crippen LogP contribution is -2.13. The first-order valence-corrected chi connectivity index (χ1v) is 8.04. The van der Waals surface area contributed by atoms with Crippen LogP contribution >= 0.6 is 0 Å². The topological polar surface area (TPSA) is 73.3 Å². The Morgan fingerprint density at radius 2 is 1.81 bits per heavy atom. The fourth-order valence-corrected chi connectivity index (χ4v) is 2.63. The van der Waals surface area contributed by atoms with Crippen LogP contribution in [0.5, 0.6) is 11.5 Å². The number of carbonyl (C=O) groups excluding carboxylic acids is 1. The summed E-state index contributed by atoms with van der Waals surface area (Å²) in [6, 6.07) is 10.6. The van der Waals surface area contributed by atoms with Crippen LogP contribution in [-0.4, -0.2) is 22.6 Å². The van der Waals surface area contributed by atoms with E-state index in [4.69, 9.17) is 12.2 Å². The highest BCUT2D eigenvalue weighted by Gasteiger charge is 2.17. The zero-order valence-electron chi connectivity index (χ0n) is 16.2. The Morgan fingerprint density at radius 3 is 2.50 bits per heavy atom. The van der Waals surface area contributed by atoms with E-state index in [1.165, 1.54) is 6.20 Å². The van der Waals surface area contributed by atoms with Crippen molar-refractivity contribution in [1.29, 1.82) is 0 Å². The van der Waals surface area contributed by atoms with Gasteiger partial charge in [-0.05, 0) is 43.7 Å². The molecule has 0 saturated heterocycles. The Balaban J connectivity index is 1.54. The normalized spacial score (nSPS) is 15.2. The first kappa shape index (κ1) is 13.8. The molecular weight excluding hydrogens is 330 g/mol. The monoisotopic (exact) mass is 349 g/mol. The zero-order chi connectivity index (χ0) is 19.9. The van der Waals surface area contributed by atoms with Gasteiger partial charge in [0.05, 0.1) is 18.1 Å². The third-order valence-corrected chi connectivity index (χ3v) is 4.08. The minimum atomic E-state index is -2.18. The molecule has 1 amide bonds. The molecule has 0 spiro atoms. The number of benzene rings is 2. The van der Waals surface area contributed by atoms with Crippen molar-refractivity contribution < 1.29 is 17.0 Å². The number of nitrogens with zero attached hydrogens (tertiary/aromatic N) is 2. The van der Waals surface area contributed by atoms with E-state index < -0.39 is 6.75 Å². The molecule has 1 aliphatic heterocycles. The van der Waals surface area contributed by atoms with Crippen LogP contribution in [0.3, 0.4) is 0 Å². The summed E-state index contributed by atoms with van der Waals surface area (Å²) in [4.78, 5) is 20.9. The molecule has 130 valence electrons. The van der Waals surface area contributed by atoms with Crippen molar-refractivity contribution in [1.82, 2.24) is 9.97 Å². The first-order valence-electron chi connectivity index (χ1n) is 9.04. The Kier molecular flexibility index (Phi) is 3.45. The van der Waals surface area contributed by atoms with Crippen molar-refractivity contribution >= 4 is 11.7 Å². The predicted octanol–water partition coefficient (Wildman–Crippen LogP) is 3.74. The number of aromatic nitrogens is 2. The molecule has 1 aliphatic rings. The van der Waals surface area contributed by atoms with Crippen LogP contribution in [0.1, 0.15) is 24.2 Å². The Labute approximate surface area is 153 Å². The fourth-order valence-electron chi connectivity index (χ4n) is 2.63. The van der Waals surface area contributed by atoms with Crippen LogP contribution in [0, 0.1) is 13.8 Å². The second-order valence-electron chi connectivity index (χ2n) is 6.01. The van der Waals surface area contributed by atoms with Gasteiger partial charge in [-0.2, -0.15) is 0 Å². The molecule has 0 saturated carbocycles. The van der Waals surface area contributed by atoms with Crippen molar-refractivity contribution in [2.45, 2.75) is 13.8 Å². The molecule has 0 aliphatic carbocycles. The largest absolute Gasteiger partial charge is 0.454 e. The molecule has 3 aromatic rings. The number of ether oxygens (including phenoxy) is 2. The number of aryl methyl sites for hydroxylation is 2. The Bertz CT molecular complexity index is 1050. The van der Waals surface area contributed by atoms with Gasteiger partial charge < -0.3 is 14.8 Å². The van der Waals surface area contributed by atoms with Crippen molar-refractivity contribution in [3.63, 3.8) is 0 Å². The molecule has 1 aromatic heterocycles. The summed E-state index contributed by atoms with van der Waals surface area (Å²) in [6.45, 7) is 1.64. The van der Waals surface area contributed by atoms with Gasteiger partial charge in [0, 0.05) is 11.1 Å². The molecule has 6 nitrogen and oxygen atoms in total. The highest BCUT2D eigenvalue weighted by Crippen LogP contribution is 2.37. The average molecular weight is 349 g/mol. The molecule has 26 heavy (non-hydrogen) atoms. The van der Waals surface area contributed by atoms with E-state index in [0.29, 0.717) is 28.6 Å². The number of amides is 1. The van der Waals surface area contributed by atoms with Gasteiger partial charge in [-0.15, -0.1) is 0 Å². The maximum Gasteiger partial charge on any atom is 0.256 e. The van der Waals surface area contributed by atoms with Gasteiger partial charge >= 0.3 is 0 Å². The van der Waals surface area contributed by atoms with Crippen LogP contribution in [0.15, 0.2) is 48.8 Å². The number of fused-ring (bicyclic) bond motifs is 1. The molecule has 4 rings (SSSR count). The van der Waals surface area contributed by atoms with Gasteiger partial charge in [0.15, 0.2) is 17.3 Å². The van der Waals surface area contributed by atoms with Gasteiger partial charge in [-0.1, -0.05) is 17.7 Å². The first-order chi connectivity index (χ1) is 13.3. The lowest BCUT2D eigenvalue weighted by molar-refractivity contribution is 0.102. The summed E-state index contributed by atoms with van der Waals surface area (Å²) in [5, 5.41) is 2.72. The summed E-state index contributed by atoms with van der Waals surface area (Å²) in [5.41, 5.74) is 3.77. The van der Waals surface area contributed by atoms with Crippen molar-refractivity contribution in [2.24, 2.45) is 0 Å². The maximum absolute atomic E-state index is 12.3. The van der Waals surface area contributed by atoms with Gasteiger partial charge in [0.1, 0.15) is 2.74 Å². The highest BCUT2D eigenvalue weighted by atomic mass is 16.7. The molecule has 0 bridgehead atoms. The molecule has 2 aromatic carbocycles. The van der Waals surface area contributed by atoms with E-state index in [2.05, 4.69) is 15.3 Å². The molecule has 2 heterocycles. The van der Waals surface area contributed by atoms with E-state index in [9.17, 15) is 4.79 Å². The summed E-state index contributed by atoms with van der Waals surface area (Å²) >= 11 is 0. The average Bonchev–Trinajstić information content (AvgIpc) is 2.95. The lowest BCUT2D eigenvalue weighted by Gasteiger charge is -2.08. The number of anilines is 1. The van der Waals surface area contributed by atoms with E-state index in [1.54, 1.807) is 30.5 Å². The second kappa shape index (κ2) is 6.48. The third-order valence-electron chi connectivity index (χ3n) is 4.08. The van der Waals surface area contributed by atoms with Gasteiger partial charge in [0.25, 0.3) is 5.91 Å². The highest BCUT2D eigenvalue weighted by molar-refractivity contribution is 6.03. The zero-order valence-corrected chi connectivity index (χ0v) is 14.2. The van der Waals surface area contributed by atoms with Crippen LogP contribution in [0.25, 0.3) is 11.3 Å². The summed E-state index contributed by atoms with van der Waals surface area (Å²) in [6.07, 6.45) is 3.02. The van der Waals surface area contributed by atoms with Crippen molar-refractivity contribution in [2.75, 3.05) is 12.1 Å². The molecule has 6 heteroatoms. The number of carbonyl (C=O) groups is 1. The van der Waals surface area contributed by atoms with Crippen molar-refractivity contribution in [3.05, 3.63) is 65.5 Å². The molecule has 0 radical (unpaired) electrons. The fraction of sp³-hybridized carbons (Fsp3) is 0.150. The minimum absolute atomic E-state index is 0.261. The van der Waals surface area contributed by atoms with Gasteiger partial charge in [0.2, 0.25) is 6.75 Å². The molecular formula is C20H17N3O3. The number of nitrogens with one attached hydrogen (secondary N) is 1. The smallest absolute Gasteiger partial charge is 0.256 e. The van der Waals surface area contributed by atoms with E-state index in [1.807, 2.05) is 26.0 Å². The van der Waals surface area contributed by atoms with Gasteiger partial charge in [-0.3, -0.25) is 9.78 Å². The third kappa shape index (κ3) is 3.09. The standard InChI is InChI=1S/C20H17N3O3/c1-12-3-5-14(6-4-12)20(24)23-19-10-21-16(9-22-19)15-8-18-17(7-13(15)2)25-11-26-18/h3-10H,11H2,1-2H3,(H,22,23,24)/i11D2. The molecule has 0 unspecified atom stereocenters. The molecule has 0 fully saturated rings.